The zero-order valence-corrected chi connectivity index (χ0v) is 10.6. The number of alkyl halides is 2. The SMILES string of the molecule is CCC(N[C@H](C)CO)c1ccc(OC(F)F)cc1. The van der Waals surface area contributed by atoms with Crippen LogP contribution in [0, 0.1) is 0 Å². The summed E-state index contributed by atoms with van der Waals surface area (Å²) in [5, 5.41) is 12.3. The number of halogens is 2. The van der Waals surface area contributed by atoms with Gasteiger partial charge in [-0.3, -0.25) is 0 Å². The predicted molar refractivity (Wildman–Crippen MR) is 65.8 cm³/mol. The van der Waals surface area contributed by atoms with Gasteiger partial charge in [0.2, 0.25) is 0 Å². The van der Waals surface area contributed by atoms with Gasteiger partial charge in [-0.2, -0.15) is 8.78 Å². The highest BCUT2D eigenvalue weighted by molar-refractivity contribution is 5.29. The minimum absolute atomic E-state index is 0.00746. The molecule has 102 valence electrons. The highest BCUT2D eigenvalue weighted by atomic mass is 19.3. The molecule has 0 aliphatic rings. The molecule has 18 heavy (non-hydrogen) atoms. The van der Waals surface area contributed by atoms with Crippen molar-refractivity contribution in [2.45, 2.75) is 39.0 Å². The van der Waals surface area contributed by atoms with Gasteiger partial charge in [-0.05, 0) is 31.0 Å². The number of ether oxygens (including phenoxy) is 1. The number of nitrogens with one attached hydrogen (secondary N) is 1. The second-order valence-corrected chi connectivity index (χ2v) is 4.16. The molecule has 5 heteroatoms. The van der Waals surface area contributed by atoms with Crippen LogP contribution >= 0.6 is 0 Å². The Bertz CT molecular complexity index is 343. The Morgan fingerprint density at radius 1 is 1.28 bits per heavy atom. The molecule has 0 amide bonds. The number of aliphatic hydroxyl groups is 1. The summed E-state index contributed by atoms with van der Waals surface area (Å²) in [4.78, 5) is 0. The lowest BCUT2D eigenvalue weighted by molar-refractivity contribution is -0.0498. The number of benzene rings is 1. The van der Waals surface area contributed by atoms with Gasteiger partial charge in [-0.1, -0.05) is 19.1 Å². The fourth-order valence-electron chi connectivity index (χ4n) is 1.73. The Hall–Kier alpha value is -1.20. The van der Waals surface area contributed by atoms with E-state index in [1.165, 1.54) is 12.1 Å². The first-order valence-corrected chi connectivity index (χ1v) is 5.98. The minimum atomic E-state index is -2.80. The summed E-state index contributed by atoms with van der Waals surface area (Å²) in [5.74, 6) is 0.152. The minimum Gasteiger partial charge on any atom is -0.435 e. The topological polar surface area (TPSA) is 41.5 Å². The smallest absolute Gasteiger partial charge is 0.387 e. The Labute approximate surface area is 106 Å². The van der Waals surface area contributed by atoms with Gasteiger partial charge in [0, 0.05) is 12.1 Å². The van der Waals surface area contributed by atoms with E-state index in [0.717, 1.165) is 12.0 Å². The Morgan fingerprint density at radius 2 is 1.89 bits per heavy atom. The Balaban J connectivity index is 2.69. The van der Waals surface area contributed by atoms with Crippen LogP contribution in [0.4, 0.5) is 8.78 Å². The van der Waals surface area contributed by atoms with Crippen LogP contribution in [0.1, 0.15) is 31.9 Å². The largest absolute Gasteiger partial charge is 0.435 e. The molecule has 1 aromatic rings. The van der Waals surface area contributed by atoms with Crippen molar-refractivity contribution >= 4 is 0 Å². The van der Waals surface area contributed by atoms with Gasteiger partial charge in [0.25, 0.3) is 0 Å². The molecular formula is C13H19F2NO2. The molecule has 0 aliphatic carbocycles. The number of hydrogen-bond donors (Lipinski definition) is 2. The lowest BCUT2D eigenvalue weighted by Gasteiger charge is -2.21. The molecule has 0 bridgehead atoms. The first-order chi connectivity index (χ1) is 8.56. The first-order valence-electron chi connectivity index (χ1n) is 5.98. The molecule has 2 N–H and O–H groups in total. The van der Waals surface area contributed by atoms with Gasteiger partial charge in [0.1, 0.15) is 5.75 Å². The van der Waals surface area contributed by atoms with E-state index >= 15 is 0 Å². The molecular weight excluding hydrogens is 240 g/mol. The van der Waals surface area contributed by atoms with Crippen molar-refractivity contribution in [2.24, 2.45) is 0 Å². The van der Waals surface area contributed by atoms with Crippen molar-refractivity contribution in [3.63, 3.8) is 0 Å². The Morgan fingerprint density at radius 3 is 2.33 bits per heavy atom. The van der Waals surface area contributed by atoms with E-state index in [1.807, 2.05) is 13.8 Å². The van der Waals surface area contributed by atoms with Crippen LogP contribution in [-0.4, -0.2) is 24.4 Å². The number of hydrogen-bond acceptors (Lipinski definition) is 3. The van der Waals surface area contributed by atoms with Crippen molar-refractivity contribution in [2.75, 3.05) is 6.61 Å². The van der Waals surface area contributed by atoms with Crippen LogP contribution in [-0.2, 0) is 0 Å². The third kappa shape index (κ3) is 4.58. The van der Waals surface area contributed by atoms with Crippen LogP contribution in [0.15, 0.2) is 24.3 Å². The molecule has 0 saturated heterocycles. The molecule has 0 fully saturated rings. The van der Waals surface area contributed by atoms with E-state index in [2.05, 4.69) is 10.1 Å². The summed E-state index contributed by atoms with van der Waals surface area (Å²) < 4.78 is 28.3. The molecule has 2 atom stereocenters. The van der Waals surface area contributed by atoms with Crippen molar-refractivity contribution < 1.29 is 18.6 Å². The van der Waals surface area contributed by atoms with E-state index in [0.29, 0.717) is 0 Å². The summed E-state index contributed by atoms with van der Waals surface area (Å²) in [6, 6.07) is 6.64. The second kappa shape index (κ2) is 7.28. The molecule has 3 nitrogen and oxygen atoms in total. The van der Waals surface area contributed by atoms with Gasteiger partial charge in [-0.25, -0.2) is 0 Å². The molecule has 0 radical (unpaired) electrons. The molecule has 1 unspecified atom stereocenters. The third-order valence-electron chi connectivity index (χ3n) is 2.68. The summed E-state index contributed by atoms with van der Waals surface area (Å²) in [7, 11) is 0. The van der Waals surface area contributed by atoms with Crippen molar-refractivity contribution in [1.29, 1.82) is 0 Å². The highest BCUT2D eigenvalue weighted by Gasteiger charge is 2.12. The third-order valence-corrected chi connectivity index (χ3v) is 2.68. The molecule has 1 aromatic carbocycles. The fourth-order valence-corrected chi connectivity index (χ4v) is 1.73. The average Bonchev–Trinajstić information content (AvgIpc) is 2.36. The van der Waals surface area contributed by atoms with Gasteiger partial charge >= 0.3 is 6.61 Å². The molecule has 0 aliphatic heterocycles. The van der Waals surface area contributed by atoms with Crippen LogP contribution < -0.4 is 10.1 Å². The molecule has 0 heterocycles. The number of aliphatic hydroxyl groups excluding tert-OH is 1. The maximum atomic E-state index is 12.0. The molecule has 1 rings (SSSR count). The lowest BCUT2D eigenvalue weighted by Crippen LogP contribution is -2.32. The Kier molecular flexibility index (Phi) is 6.01. The quantitative estimate of drug-likeness (QED) is 0.791. The van der Waals surface area contributed by atoms with E-state index in [1.54, 1.807) is 12.1 Å². The zero-order chi connectivity index (χ0) is 13.5. The summed E-state index contributed by atoms with van der Waals surface area (Å²) in [6.45, 7) is 1.16. The summed E-state index contributed by atoms with van der Waals surface area (Å²) >= 11 is 0. The zero-order valence-electron chi connectivity index (χ0n) is 10.6. The van der Waals surface area contributed by atoms with Crippen LogP contribution in [0.3, 0.4) is 0 Å². The summed E-state index contributed by atoms with van der Waals surface area (Å²) in [5.41, 5.74) is 0.986. The molecule has 0 saturated carbocycles. The van der Waals surface area contributed by atoms with E-state index < -0.39 is 6.61 Å². The maximum absolute atomic E-state index is 12.0. The standard InChI is InChI=1S/C13H19F2NO2/c1-3-12(16-9(2)8-17)10-4-6-11(7-5-10)18-13(14)15/h4-7,9,12-13,16-17H,3,8H2,1-2H3/t9-,12?/m1/s1. The molecule has 0 aromatic heterocycles. The monoisotopic (exact) mass is 259 g/mol. The van der Waals surface area contributed by atoms with Crippen molar-refractivity contribution in [3.8, 4) is 5.75 Å². The predicted octanol–water partition coefficient (Wildman–Crippen LogP) is 2.71. The average molecular weight is 259 g/mol. The normalized spacial score (nSPS) is 14.6. The van der Waals surface area contributed by atoms with Gasteiger partial charge in [-0.15, -0.1) is 0 Å². The maximum Gasteiger partial charge on any atom is 0.387 e. The lowest BCUT2D eigenvalue weighted by atomic mass is 10.0. The van der Waals surface area contributed by atoms with E-state index in [4.69, 9.17) is 5.11 Å². The van der Waals surface area contributed by atoms with Crippen molar-refractivity contribution in [3.05, 3.63) is 29.8 Å². The van der Waals surface area contributed by atoms with Crippen molar-refractivity contribution in [1.82, 2.24) is 5.32 Å². The first kappa shape index (κ1) is 14.9. The van der Waals surface area contributed by atoms with Crippen LogP contribution in [0.25, 0.3) is 0 Å². The fraction of sp³-hybridized carbons (Fsp3) is 0.538. The molecule has 0 spiro atoms. The van der Waals surface area contributed by atoms with Gasteiger partial charge < -0.3 is 15.2 Å². The van der Waals surface area contributed by atoms with E-state index in [-0.39, 0.29) is 24.4 Å². The summed E-state index contributed by atoms with van der Waals surface area (Å²) in [6.07, 6.45) is 0.847. The van der Waals surface area contributed by atoms with E-state index in [9.17, 15) is 8.78 Å². The highest BCUT2D eigenvalue weighted by Crippen LogP contribution is 2.21. The number of rotatable bonds is 7. The van der Waals surface area contributed by atoms with Gasteiger partial charge in [0.15, 0.2) is 0 Å². The van der Waals surface area contributed by atoms with Crippen LogP contribution in [0.5, 0.6) is 5.75 Å². The van der Waals surface area contributed by atoms with Gasteiger partial charge in [0.05, 0.1) is 6.61 Å². The van der Waals surface area contributed by atoms with Crippen LogP contribution in [0.2, 0.25) is 0 Å². The second-order valence-electron chi connectivity index (χ2n) is 4.16.